The molecule has 1 atom stereocenters. The molecule has 0 fully saturated rings. The maximum absolute atomic E-state index is 11.7. The molecule has 0 aliphatic heterocycles. The van der Waals surface area contributed by atoms with Crippen LogP contribution in [0.5, 0.6) is 0 Å². The third kappa shape index (κ3) is 2.76. The summed E-state index contributed by atoms with van der Waals surface area (Å²) in [6.07, 6.45) is 0.175. The van der Waals surface area contributed by atoms with E-state index in [0.717, 1.165) is 16.7 Å². The normalized spacial score (nSPS) is 14.0. The largest absolute Gasteiger partial charge is 0.356 e. The summed E-state index contributed by atoms with van der Waals surface area (Å²) in [5.74, 6) is -2.56. The van der Waals surface area contributed by atoms with Gasteiger partial charge in [-0.3, -0.25) is 4.79 Å². The number of aryl methyl sites for hydroxylation is 3. The number of aliphatic hydroxyl groups is 1. The quantitative estimate of drug-likeness (QED) is 0.371. The van der Waals surface area contributed by atoms with Crippen LogP contribution >= 0.6 is 0 Å². The van der Waals surface area contributed by atoms with E-state index in [9.17, 15) is 9.90 Å². The Hall–Kier alpha value is -1.49. The predicted octanol–water partition coefficient (Wildman–Crippen LogP) is 2.78. The van der Waals surface area contributed by atoms with E-state index in [1.807, 2.05) is 19.1 Å². The monoisotopic (exact) mass is 264 g/mol. The smallest absolute Gasteiger partial charge is 0.254 e. The first-order chi connectivity index (χ1) is 8.77. The number of ketones is 1. The fourth-order valence-corrected chi connectivity index (χ4v) is 2.37. The molecule has 0 bridgehead atoms. The van der Waals surface area contributed by atoms with Crippen molar-refractivity contribution < 1.29 is 20.0 Å². The van der Waals surface area contributed by atoms with Gasteiger partial charge in [0.1, 0.15) is 0 Å². The van der Waals surface area contributed by atoms with Crippen LogP contribution in [0.25, 0.3) is 0 Å². The summed E-state index contributed by atoms with van der Waals surface area (Å²) in [5, 5.41) is 19.6. The Morgan fingerprint density at radius 1 is 1.32 bits per heavy atom. The second-order valence-electron chi connectivity index (χ2n) is 4.76. The van der Waals surface area contributed by atoms with Crippen molar-refractivity contribution in [1.82, 2.24) is 0 Å². The standard InChI is InChI=1S/C15H20O4/c1-6-13(16)12(5)15(17,19-18)14-10(3)7-9(2)8-11(14)4/h7-8,17-18H,5-6H2,1-4H3. The van der Waals surface area contributed by atoms with Gasteiger partial charge in [0.2, 0.25) is 0 Å². The highest BCUT2D eigenvalue weighted by molar-refractivity contribution is 5.96. The molecule has 4 heteroatoms. The fraction of sp³-hybridized carbons (Fsp3) is 0.400. The van der Waals surface area contributed by atoms with Crippen molar-refractivity contribution in [3.05, 3.63) is 46.5 Å². The van der Waals surface area contributed by atoms with Crippen LogP contribution in [0.3, 0.4) is 0 Å². The summed E-state index contributed by atoms with van der Waals surface area (Å²) in [5.41, 5.74) is 2.64. The Morgan fingerprint density at radius 2 is 1.79 bits per heavy atom. The van der Waals surface area contributed by atoms with Crippen molar-refractivity contribution in [3.63, 3.8) is 0 Å². The van der Waals surface area contributed by atoms with Crippen LogP contribution in [0.1, 0.15) is 35.6 Å². The summed E-state index contributed by atoms with van der Waals surface area (Å²) >= 11 is 0. The number of benzene rings is 1. The lowest BCUT2D eigenvalue weighted by Crippen LogP contribution is -2.35. The van der Waals surface area contributed by atoms with Crippen molar-refractivity contribution in [2.45, 2.75) is 39.9 Å². The van der Waals surface area contributed by atoms with E-state index in [-0.39, 0.29) is 17.8 Å². The predicted molar refractivity (Wildman–Crippen MR) is 72.7 cm³/mol. The van der Waals surface area contributed by atoms with Crippen LogP contribution in [0.2, 0.25) is 0 Å². The van der Waals surface area contributed by atoms with Crippen LogP contribution < -0.4 is 0 Å². The maximum atomic E-state index is 11.7. The van der Waals surface area contributed by atoms with Gasteiger partial charge in [0.25, 0.3) is 5.79 Å². The van der Waals surface area contributed by atoms with Gasteiger partial charge in [-0.25, -0.2) is 5.26 Å². The zero-order chi connectivity index (χ0) is 14.8. The molecule has 0 radical (unpaired) electrons. The molecule has 0 aromatic heterocycles. The molecule has 0 amide bonds. The van der Waals surface area contributed by atoms with Gasteiger partial charge in [-0.15, -0.1) is 0 Å². The van der Waals surface area contributed by atoms with Crippen molar-refractivity contribution in [1.29, 1.82) is 0 Å². The molecule has 0 heterocycles. The Balaban J connectivity index is 3.46. The molecule has 0 aliphatic carbocycles. The van der Waals surface area contributed by atoms with E-state index in [1.165, 1.54) is 0 Å². The van der Waals surface area contributed by atoms with Gasteiger partial charge in [-0.05, 0) is 31.9 Å². The summed E-state index contributed by atoms with van der Waals surface area (Å²) < 4.78 is 0. The van der Waals surface area contributed by atoms with Crippen molar-refractivity contribution in [2.24, 2.45) is 0 Å². The van der Waals surface area contributed by atoms with Crippen LogP contribution in [-0.2, 0) is 15.5 Å². The maximum Gasteiger partial charge on any atom is 0.254 e. The van der Waals surface area contributed by atoms with Gasteiger partial charge in [0.05, 0.1) is 5.57 Å². The third-order valence-corrected chi connectivity index (χ3v) is 3.21. The Morgan fingerprint density at radius 3 is 2.16 bits per heavy atom. The minimum Gasteiger partial charge on any atom is -0.356 e. The van der Waals surface area contributed by atoms with Crippen LogP contribution in [-0.4, -0.2) is 16.1 Å². The highest BCUT2D eigenvalue weighted by Crippen LogP contribution is 2.35. The van der Waals surface area contributed by atoms with E-state index >= 15 is 0 Å². The molecule has 1 rings (SSSR count). The van der Waals surface area contributed by atoms with Crippen LogP contribution in [0.4, 0.5) is 0 Å². The number of carbonyl (C=O) groups excluding carboxylic acids is 1. The topological polar surface area (TPSA) is 66.8 Å². The minimum atomic E-state index is -2.20. The van der Waals surface area contributed by atoms with E-state index in [0.29, 0.717) is 5.56 Å². The first kappa shape index (κ1) is 15.6. The molecule has 0 saturated heterocycles. The Labute approximate surface area is 113 Å². The fourth-order valence-electron chi connectivity index (χ4n) is 2.37. The zero-order valence-electron chi connectivity index (χ0n) is 11.8. The van der Waals surface area contributed by atoms with Crippen LogP contribution in [0.15, 0.2) is 24.3 Å². The summed E-state index contributed by atoms with van der Waals surface area (Å²) in [7, 11) is 0. The molecule has 1 unspecified atom stereocenters. The molecular weight excluding hydrogens is 244 g/mol. The van der Waals surface area contributed by atoms with Gasteiger partial charge in [0, 0.05) is 12.0 Å². The molecule has 0 saturated carbocycles. The van der Waals surface area contributed by atoms with Gasteiger partial charge < -0.3 is 5.11 Å². The van der Waals surface area contributed by atoms with Crippen molar-refractivity contribution in [3.8, 4) is 0 Å². The molecular formula is C15H20O4. The summed E-state index contributed by atoms with van der Waals surface area (Å²) in [6, 6.07) is 3.69. The number of hydrogen-bond donors (Lipinski definition) is 2. The van der Waals surface area contributed by atoms with Gasteiger partial charge in [-0.2, -0.15) is 4.89 Å². The van der Waals surface area contributed by atoms with Gasteiger partial charge >= 0.3 is 0 Å². The van der Waals surface area contributed by atoms with Gasteiger partial charge in [-0.1, -0.05) is 31.2 Å². The SMILES string of the molecule is C=C(C(=O)CC)C(O)(OO)c1c(C)cc(C)cc1C. The van der Waals surface area contributed by atoms with Crippen molar-refractivity contribution in [2.75, 3.05) is 0 Å². The van der Waals surface area contributed by atoms with Gasteiger partial charge in [0.15, 0.2) is 5.78 Å². The minimum absolute atomic E-state index is 0.174. The highest BCUT2D eigenvalue weighted by atomic mass is 17.1. The lowest BCUT2D eigenvalue weighted by atomic mass is 9.87. The van der Waals surface area contributed by atoms with Crippen molar-refractivity contribution >= 4 is 5.78 Å². The molecule has 1 aromatic rings. The molecule has 104 valence electrons. The Kier molecular flexibility index (Phi) is 4.63. The Bertz CT molecular complexity index is 496. The van der Waals surface area contributed by atoms with Crippen LogP contribution in [0, 0.1) is 20.8 Å². The van der Waals surface area contributed by atoms with E-state index < -0.39 is 5.79 Å². The zero-order valence-corrected chi connectivity index (χ0v) is 11.8. The molecule has 19 heavy (non-hydrogen) atoms. The summed E-state index contributed by atoms with van der Waals surface area (Å²) in [4.78, 5) is 16.0. The number of carbonyl (C=O) groups is 1. The van der Waals surface area contributed by atoms with E-state index in [2.05, 4.69) is 11.5 Å². The molecule has 2 N–H and O–H groups in total. The third-order valence-electron chi connectivity index (χ3n) is 3.21. The van der Waals surface area contributed by atoms with E-state index in [4.69, 9.17) is 5.26 Å². The average Bonchev–Trinajstić information content (AvgIpc) is 2.35. The number of Topliss-reactive ketones (excluding diaryl/α,β-unsaturated/α-hetero) is 1. The second kappa shape index (κ2) is 5.65. The second-order valence-corrected chi connectivity index (χ2v) is 4.76. The lowest BCUT2D eigenvalue weighted by molar-refractivity contribution is -0.383. The molecule has 4 nitrogen and oxygen atoms in total. The first-order valence-electron chi connectivity index (χ1n) is 6.13. The number of rotatable bonds is 5. The molecule has 1 aromatic carbocycles. The summed E-state index contributed by atoms with van der Waals surface area (Å²) in [6.45, 7) is 10.7. The van der Waals surface area contributed by atoms with E-state index in [1.54, 1.807) is 20.8 Å². The lowest BCUT2D eigenvalue weighted by Gasteiger charge is -2.29. The first-order valence-corrected chi connectivity index (χ1v) is 6.13. The molecule has 0 spiro atoms. The highest BCUT2D eigenvalue weighted by Gasteiger charge is 2.40. The molecule has 0 aliphatic rings. The average molecular weight is 264 g/mol. The number of hydrogen-bond acceptors (Lipinski definition) is 4.